The Morgan fingerprint density at radius 2 is 1.26 bits per heavy atom. The number of hydrogen-bond donors (Lipinski definition) is 1. The van der Waals surface area contributed by atoms with Gasteiger partial charge in [-0.2, -0.15) is 0 Å². The van der Waals surface area contributed by atoms with Gasteiger partial charge in [-0.3, -0.25) is 0 Å². The number of para-hydroxylation sites is 2. The van der Waals surface area contributed by atoms with Crippen LogP contribution in [0.15, 0.2) is 151 Å². The predicted octanol–water partition coefficient (Wildman–Crippen LogP) is 9.91. The van der Waals surface area contributed by atoms with E-state index in [1.165, 1.54) is 60.4 Å². The Balaban J connectivity index is 1.31. The lowest BCUT2D eigenvalue weighted by atomic mass is 9.97. The van der Waals surface area contributed by atoms with Crippen molar-refractivity contribution in [2.75, 3.05) is 0 Å². The fourth-order valence-electron chi connectivity index (χ4n) is 8.69. The molecule has 4 heteroatoms. The van der Waals surface area contributed by atoms with Crippen LogP contribution in [-0.4, -0.2) is 15.0 Å². The van der Waals surface area contributed by atoms with Crippen LogP contribution in [0, 0.1) is 18.8 Å². The molecule has 0 radical (unpaired) electrons. The third-order valence-electron chi connectivity index (χ3n) is 10.9. The van der Waals surface area contributed by atoms with Gasteiger partial charge in [0.15, 0.2) is 0 Å². The number of benzene rings is 6. The number of aryl methyl sites for hydroxylation is 1. The molecule has 47 heavy (non-hydrogen) atoms. The molecular weight excluding hydrogens is 573 g/mol. The lowest BCUT2D eigenvalue weighted by molar-refractivity contribution is 0.398. The molecule has 4 atom stereocenters. The second-order valence-electron chi connectivity index (χ2n) is 13.4. The van der Waals surface area contributed by atoms with Crippen molar-refractivity contribution in [3.63, 3.8) is 0 Å². The van der Waals surface area contributed by atoms with Gasteiger partial charge in [-0.25, -0.2) is 4.99 Å². The summed E-state index contributed by atoms with van der Waals surface area (Å²) >= 11 is 0. The maximum Gasteiger partial charge on any atom is 0.133 e. The van der Waals surface area contributed by atoms with Crippen molar-refractivity contribution in [3.8, 4) is 5.69 Å². The molecule has 0 saturated heterocycles. The Labute approximate surface area is 273 Å². The molecule has 0 spiro atoms. The first kappa shape index (κ1) is 26.6. The van der Waals surface area contributed by atoms with Crippen molar-refractivity contribution < 1.29 is 0 Å². The molecule has 226 valence electrons. The number of aliphatic imine (C=N–C) groups is 1. The van der Waals surface area contributed by atoms with Gasteiger partial charge in [0.1, 0.15) is 12.0 Å². The van der Waals surface area contributed by atoms with E-state index >= 15 is 0 Å². The molecule has 0 amide bonds. The Morgan fingerprint density at radius 3 is 2.04 bits per heavy atom. The van der Waals surface area contributed by atoms with Crippen LogP contribution in [0.25, 0.3) is 49.3 Å². The van der Waals surface area contributed by atoms with Gasteiger partial charge in [-0.15, -0.1) is 0 Å². The Hall–Kier alpha value is -5.61. The first-order valence-electron chi connectivity index (χ1n) is 16.6. The van der Waals surface area contributed by atoms with Crippen molar-refractivity contribution in [2.45, 2.75) is 25.6 Å². The number of rotatable bonds is 4. The summed E-state index contributed by atoms with van der Waals surface area (Å²) in [5, 5.41) is 9.10. The lowest BCUT2D eigenvalue weighted by Gasteiger charge is -2.31. The third kappa shape index (κ3) is 3.67. The van der Waals surface area contributed by atoms with E-state index in [1.54, 1.807) is 0 Å². The van der Waals surface area contributed by atoms with Crippen LogP contribution < -0.4 is 5.32 Å². The number of aromatic nitrogens is 2. The zero-order chi connectivity index (χ0) is 31.3. The Bertz CT molecular complexity index is 2520. The minimum atomic E-state index is -0.199. The number of hydrogen-bond acceptors (Lipinski definition) is 2. The maximum atomic E-state index is 5.63. The molecule has 4 unspecified atom stereocenters. The molecule has 1 aliphatic carbocycles. The van der Waals surface area contributed by atoms with Gasteiger partial charge in [-0.1, -0.05) is 116 Å². The van der Waals surface area contributed by atoms with Crippen molar-refractivity contribution in [3.05, 3.63) is 162 Å². The highest BCUT2D eigenvalue weighted by atomic mass is 15.3. The maximum absolute atomic E-state index is 5.63. The van der Waals surface area contributed by atoms with Crippen LogP contribution in [0.3, 0.4) is 0 Å². The summed E-state index contributed by atoms with van der Waals surface area (Å²) in [6, 6.07) is 53.0. The standard InChI is InChI=1S/C43H34N4/c1-27-22-23-37-33(24-27)35-25-34-32-20-12-13-21-36(32)46(31-18-10-5-11-19-31)38(34)26-39(35)47(37)42-40-28(2)43(40,30-16-8-4-9-17-30)45-41(44-42)29-14-6-3-7-15-29/h3-26,28,40,42H,1-2H3,(H,44,45). The molecule has 3 heterocycles. The number of nitrogens with one attached hydrogen (secondary N) is 1. The highest BCUT2D eigenvalue weighted by molar-refractivity contribution is 6.19. The van der Waals surface area contributed by atoms with Gasteiger partial charge in [0.05, 0.1) is 27.6 Å². The highest BCUT2D eigenvalue weighted by Gasteiger charge is 2.69. The summed E-state index contributed by atoms with van der Waals surface area (Å²) in [6.07, 6.45) is -0.0867. The van der Waals surface area contributed by atoms with E-state index in [4.69, 9.17) is 4.99 Å². The van der Waals surface area contributed by atoms with E-state index < -0.39 is 0 Å². The Morgan fingerprint density at radius 1 is 0.596 bits per heavy atom. The van der Waals surface area contributed by atoms with Gasteiger partial charge in [0.2, 0.25) is 0 Å². The summed E-state index contributed by atoms with van der Waals surface area (Å²) in [6.45, 7) is 4.59. The van der Waals surface area contributed by atoms with Gasteiger partial charge in [0.25, 0.3) is 0 Å². The fourth-order valence-corrected chi connectivity index (χ4v) is 8.69. The van der Waals surface area contributed by atoms with E-state index in [-0.39, 0.29) is 17.6 Å². The minimum Gasteiger partial charge on any atom is -0.360 e. The number of amidine groups is 1. The van der Waals surface area contributed by atoms with Crippen molar-refractivity contribution in [1.29, 1.82) is 0 Å². The van der Waals surface area contributed by atoms with Crippen molar-refractivity contribution in [1.82, 2.24) is 14.5 Å². The summed E-state index contributed by atoms with van der Waals surface area (Å²) in [5.74, 6) is 1.63. The largest absolute Gasteiger partial charge is 0.360 e. The second kappa shape index (κ2) is 9.70. The normalized spacial score (nSPS) is 22.0. The zero-order valence-corrected chi connectivity index (χ0v) is 26.4. The average molecular weight is 607 g/mol. The van der Waals surface area contributed by atoms with E-state index in [2.05, 4.69) is 174 Å². The van der Waals surface area contributed by atoms with Gasteiger partial charge < -0.3 is 14.5 Å². The van der Waals surface area contributed by atoms with Gasteiger partial charge in [0, 0.05) is 38.7 Å². The zero-order valence-electron chi connectivity index (χ0n) is 26.4. The third-order valence-corrected chi connectivity index (χ3v) is 10.9. The first-order chi connectivity index (χ1) is 23.1. The first-order valence-corrected chi connectivity index (χ1v) is 16.6. The average Bonchev–Trinajstić information content (AvgIpc) is 3.44. The molecule has 8 aromatic rings. The summed E-state index contributed by atoms with van der Waals surface area (Å²) in [5.41, 5.74) is 9.57. The molecule has 1 N–H and O–H groups in total. The monoisotopic (exact) mass is 606 g/mol. The molecule has 2 aliphatic rings. The summed E-state index contributed by atoms with van der Waals surface area (Å²) < 4.78 is 4.98. The molecule has 6 aromatic carbocycles. The second-order valence-corrected chi connectivity index (χ2v) is 13.4. The van der Waals surface area contributed by atoms with Gasteiger partial charge in [-0.05, 0) is 60.9 Å². The van der Waals surface area contributed by atoms with Crippen LogP contribution in [0.1, 0.15) is 29.8 Å². The van der Waals surface area contributed by atoms with E-state index in [0.29, 0.717) is 5.92 Å². The van der Waals surface area contributed by atoms with Crippen LogP contribution in [0.4, 0.5) is 0 Å². The highest BCUT2D eigenvalue weighted by Crippen LogP contribution is 2.65. The van der Waals surface area contributed by atoms with E-state index in [0.717, 1.165) is 11.4 Å². The molecule has 10 rings (SSSR count). The molecular formula is C43H34N4. The molecule has 2 aromatic heterocycles. The van der Waals surface area contributed by atoms with Gasteiger partial charge >= 0.3 is 0 Å². The minimum absolute atomic E-state index is 0.0867. The van der Waals surface area contributed by atoms with Crippen LogP contribution in [-0.2, 0) is 5.54 Å². The van der Waals surface area contributed by atoms with Crippen LogP contribution in [0.2, 0.25) is 0 Å². The predicted molar refractivity (Wildman–Crippen MR) is 194 cm³/mol. The lowest BCUT2D eigenvalue weighted by Crippen LogP contribution is -2.42. The fraction of sp³-hybridized carbons (Fsp3) is 0.140. The van der Waals surface area contributed by atoms with Crippen molar-refractivity contribution in [2.24, 2.45) is 16.8 Å². The quantitative estimate of drug-likeness (QED) is 0.213. The number of fused-ring (bicyclic) bond motifs is 7. The number of nitrogens with zero attached hydrogens (tertiary/aromatic N) is 3. The van der Waals surface area contributed by atoms with E-state index in [1.807, 2.05) is 0 Å². The van der Waals surface area contributed by atoms with Crippen LogP contribution >= 0.6 is 0 Å². The molecule has 1 fully saturated rings. The smallest absolute Gasteiger partial charge is 0.133 e. The van der Waals surface area contributed by atoms with E-state index in [9.17, 15) is 0 Å². The summed E-state index contributed by atoms with van der Waals surface area (Å²) in [7, 11) is 0. The SMILES string of the molecule is Cc1ccc2c(c1)c1cc3c4ccccc4n(-c4ccccc4)c3cc1n2C1N=C(c2ccccc2)NC2(c3ccccc3)C(C)C12. The molecule has 1 aliphatic heterocycles. The molecule has 1 saturated carbocycles. The molecule has 4 nitrogen and oxygen atoms in total. The topological polar surface area (TPSA) is 34.2 Å². The van der Waals surface area contributed by atoms with Crippen LogP contribution in [0.5, 0.6) is 0 Å². The van der Waals surface area contributed by atoms with Crippen molar-refractivity contribution >= 4 is 49.4 Å². The summed E-state index contributed by atoms with van der Waals surface area (Å²) in [4.78, 5) is 5.63. The Kier molecular flexibility index (Phi) is 5.49. The molecule has 0 bridgehead atoms.